The predicted octanol–water partition coefficient (Wildman–Crippen LogP) is 4.25. The molecule has 0 aliphatic carbocycles. The van der Waals surface area contributed by atoms with Crippen molar-refractivity contribution in [2.45, 2.75) is 39.2 Å². The highest BCUT2D eigenvalue weighted by molar-refractivity contribution is 5.89. The molecule has 3 aromatic rings. The van der Waals surface area contributed by atoms with Gasteiger partial charge in [0.15, 0.2) is 0 Å². The minimum Gasteiger partial charge on any atom is -0.489 e. The summed E-state index contributed by atoms with van der Waals surface area (Å²) in [5.74, 6) is -0.584. The van der Waals surface area contributed by atoms with E-state index in [1.165, 1.54) is 7.11 Å². The second-order valence-corrected chi connectivity index (χ2v) is 7.31. The van der Waals surface area contributed by atoms with Gasteiger partial charge in [-0.25, -0.2) is 9.78 Å². The molecule has 0 aliphatic heterocycles. The van der Waals surface area contributed by atoms with Crippen molar-refractivity contribution in [3.63, 3.8) is 0 Å². The van der Waals surface area contributed by atoms with E-state index in [0.29, 0.717) is 17.0 Å². The van der Waals surface area contributed by atoms with Crippen molar-refractivity contribution < 1.29 is 24.2 Å². The van der Waals surface area contributed by atoms with Crippen LogP contribution in [-0.2, 0) is 22.6 Å². The zero-order chi connectivity index (χ0) is 22.4. The maximum Gasteiger partial charge on any atom is 0.336 e. The quantitative estimate of drug-likeness (QED) is 0.500. The molecule has 3 rings (SSSR count). The maximum atomic E-state index is 12.4. The first-order chi connectivity index (χ1) is 14.9. The lowest BCUT2D eigenvalue weighted by Crippen LogP contribution is -2.16. The predicted molar refractivity (Wildman–Crippen MR) is 115 cm³/mol. The summed E-state index contributed by atoms with van der Waals surface area (Å²) in [7, 11) is 1.36. The molecule has 2 aromatic carbocycles. The van der Waals surface area contributed by atoms with Crippen molar-refractivity contribution in [1.82, 2.24) is 9.97 Å². The van der Waals surface area contributed by atoms with E-state index in [2.05, 4.69) is 16.9 Å². The van der Waals surface area contributed by atoms with Crippen molar-refractivity contribution in [3.05, 3.63) is 82.4 Å². The average Bonchev–Trinajstić information content (AvgIpc) is 3.22. The van der Waals surface area contributed by atoms with Gasteiger partial charge in [0.1, 0.15) is 24.1 Å². The van der Waals surface area contributed by atoms with Crippen LogP contribution in [0.2, 0.25) is 0 Å². The molecule has 0 fully saturated rings. The van der Waals surface area contributed by atoms with Gasteiger partial charge >= 0.3 is 11.9 Å². The van der Waals surface area contributed by atoms with Crippen molar-refractivity contribution in [3.8, 4) is 5.75 Å². The number of esters is 1. The van der Waals surface area contributed by atoms with Gasteiger partial charge < -0.3 is 19.6 Å². The smallest absolute Gasteiger partial charge is 0.336 e. The normalized spacial score (nSPS) is 11.7. The Bertz CT molecular complexity index is 1060. The third-order valence-electron chi connectivity index (χ3n) is 4.99. The standard InChI is InChI=1S/C24H26N2O5/c1-4-5-21-25-13-20(26-21)22(24(29)30-3)16-8-10-18(11-9-16)31-14-17-7-6-15(2)12-19(17)23(27)28/h6-13,22H,4-5,14H2,1-3H3,(H,25,26)(H,27,28). The van der Waals surface area contributed by atoms with E-state index in [1.807, 2.05) is 13.0 Å². The summed E-state index contributed by atoms with van der Waals surface area (Å²) >= 11 is 0. The highest BCUT2D eigenvalue weighted by Crippen LogP contribution is 2.27. The van der Waals surface area contributed by atoms with Crippen LogP contribution in [0.1, 0.15) is 57.8 Å². The fourth-order valence-electron chi connectivity index (χ4n) is 3.38. The number of H-pyrrole nitrogens is 1. The maximum absolute atomic E-state index is 12.4. The number of imidazole rings is 1. The van der Waals surface area contributed by atoms with Crippen LogP contribution in [0.5, 0.6) is 5.75 Å². The van der Waals surface area contributed by atoms with Crippen molar-refractivity contribution in [2.24, 2.45) is 0 Å². The van der Waals surface area contributed by atoms with Gasteiger partial charge in [0, 0.05) is 18.2 Å². The summed E-state index contributed by atoms with van der Waals surface area (Å²) in [5, 5.41) is 9.40. The van der Waals surface area contributed by atoms with Crippen LogP contribution in [0.25, 0.3) is 0 Å². The molecule has 1 atom stereocenters. The Morgan fingerprint density at radius 2 is 1.90 bits per heavy atom. The van der Waals surface area contributed by atoms with Crippen LogP contribution in [0.4, 0.5) is 0 Å². The van der Waals surface area contributed by atoms with Crippen LogP contribution in [0.3, 0.4) is 0 Å². The minimum atomic E-state index is -0.986. The van der Waals surface area contributed by atoms with Gasteiger partial charge in [0.05, 0.1) is 18.4 Å². The second-order valence-electron chi connectivity index (χ2n) is 7.31. The SMILES string of the molecule is CCCc1ncc(C(C(=O)OC)c2ccc(OCc3ccc(C)cc3C(=O)O)cc2)[nH]1. The lowest BCUT2D eigenvalue weighted by molar-refractivity contribution is -0.141. The van der Waals surface area contributed by atoms with Gasteiger partial charge in [-0.2, -0.15) is 0 Å². The Balaban J connectivity index is 1.77. The number of hydrogen-bond acceptors (Lipinski definition) is 5. The Labute approximate surface area is 181 Å². The highest BCUT2D eigenvalue weighted by Gasteiger charge is 2.25. The Morgan fingerprint density at radius 3 is 2.55 bits per heavy atom. The number of aromatic nitrogens is 2. The molecule has 0 spiro atoms. The average molecular weight is 422 g/mol. The first-order valence-corrected chi connectivity index (χ1v) is 10.1. The first-order valence-electron chi connectivity index (χ1n) is 10.1. The number of aromatic amines is 1. The summed E-state index contributed by atoms with van der Waals surface area (Å²) in [6.07, 6.45) is 3.42. The van der Waals surface area contributed by atoms with Gasteiger partial charge in [-0.15, -0.1) is 0 Å². The molecule has 0 amide bonds. The number of methoxy groups -OCH3 is 1. The Kier molecular flexibility index (Phi) is 7.07. The summed E-state index contributed by atoms with van der Waals surface area (Å²) in [6.45, 7) is 4.04. The van der Waals surface area contributed by atoms with E-state index in [0.717, 1.165) is 29.8 Å². The molecule has 2 N–H and O–H groups in total. The number of carboxylic acid groups (broad SMARTS) is 1. The number of carboxylic acids is 1. The van der Waals surface area contributed by atoms with Gasteiger partial charge in [0.2, 0.25) is 0 Å². The van der Waals surface area contributed by atoms with E-state index in [9.17, 15) is 14.7 Å². The summed E-state index contributed by atoms with van der Waals surface area (Å²) in [6, 6.07) is 12.3. The van der Waals surface area contributed by atoms with Crippen LogP contribution >= 0.6 is 0 Å². The lowest BCUT2D eigenvalue weighted by atomic mass is 9.96. The van der Waals surface area contributed by atoms with E-state index < -0.39 is 11.9 Å². The number of ether oxygens (including phenoxy) is 2. The van der Waals surface area contributed by atoms with Crippen LogP contribution < -0.4 is 4.74 Å². The molecule has 7 heteroatoms. The molecular formula is C24H26N2O5. The molecule has 0 aliphatic rings. The number of benzene rings is 2. The number of carbonyl (C=O) groups is 2. The van der Waals surface area contributed by atoms with E-state index >= 15 is 0 Å². The largest absolute Gasteiger partial charge is 0.489 e. The van der Waals surface area contributed by atoms with E-state index in [-0.39, 0.29) is 18.1 Å². The first kappa shape index (κ1) is 22.1. The summed E-state index contributed by atoms with van der Waals surface area (Å²) in [4.78, 5) is 31.5. The summed E-state index contributed by atoms with van der Waals surface area (Å²) < 4.78 is 10.8. The third-order valence-corrected chi connectivity index (χ3v) is 4.99. The van der Waals surface area contributed by atoms with Crippen LogP contribution in [0.15, 0.2) is 48.7 Å². The number of hydrogen-bond donors (Lipinski definition) is 2. The molecule has 162 valence electrons. The third kappa shape index (κ3) is 5.31. The summed E-state index contributed by atoms with van der Waals surface area (Å²) in [5.41, 5.74) is 3.11. The van der Waals surface area contributed by atoms with Crippen molar-refractivity contribution in [1.29, 1.82) is 0 Å². The molecule has 1 unspecified atom stereocenters. The lowest BCUT2D eigenvalue weighted by Gasteiger charge is -2.15. The van der Waals surface area contributed by atoms with Gasteiger partial charge in [0.25, 0.3) is 0 Å². The molecule has 0 bridgehead atoms. The van der Waals surface area contributed by atoms with Gasteiger partial charge in [-0.05, 0) is 37.1 Å². The van der Waals surface area contributed by atoms with Gasteiger partial charge in [-0.1, -0.05) is 36.8 Å². The van der Waals surface area contributed by atoms with Crippen LogP contribution in [-0.4, -0.2) is 34.1 Å². The molecule has 0 saturated heterocycles. The molecule has 7 nitrogen and oxygen atoms in total. The fraction of sp³-hybridized carbons (Fsp3) is 0.292. The number of aromatic carboxylic acids is 1. The number of nitrogens with one attached hydrogen (secondary N) is 1. The minimum absolute atomic E-state index is 0.128. The molecule has 0 radical (unpaired) electrons. The number of nitrogens with zero attached hydrogens (tertiary/aromatic N) is 1. The Morgan fingerprint density at radius 1 is 1.16 bits per heavy atom. The van der Waals surface area contributed by atoms with Gasteiger partial charge in [-0.3, -0.25) is 4.79 Å². The van der Waals surface area contributed by atoms with E-state index in [4.69, 9.17) is 9.47 Å². The topological polar surface area (TPSA) is 102 Å². The van der Waals surface area contributed by atoms with E-state index in [1.54, 1.807) is 42.6 Å². The second kappa shape index (κ2) is 9.93. The van der Waals surface area contributed by atoms with Crippen molar-refractivity contribution >= 4 is 11.9 Å². The fourth-order valence-corrected chi connectivity index (χ4v) is 3.38. The number of aryl methyl sites for hydroxylation is 2. The number of rotatable bonds is 9. The highest BCUT2D eigenvalue weighted by atomic mass is 16.5. The molecular weight excluding hydrogens is 396 g/mol. The zero-order valence-corrected chi connectivity index (χ0v) is 17.8. The number of carbonyl (C=O) groups excluding carboxylic acids is 1. The Hall–Kier alpha value is -3.61. The molecule has 31 heavy (non-hydrogen) atoms. The van der Waals surface area contributed by atoms with Crippen LogP contribution in [0, 0.1) is 6.92 Å². The molecule has 1 heterocycles. The van der Waals surface area contributed by atoms with Crippen molar-refractivity contribution in [2.75, 3.05) is 7.11 Å². The monoisotopic (exact) mass is 422 g/mol. The zero-order valence-electron chi connectivity index (χ0n) is 17.8. The molecule has 1 aromatic heterocycles. The molecule has 0 saturated carbocycles.